The first kappa shape index (κ1) is 6.49. The van der Waals surface area contributed by atoms with Crippen molar-refractivity contribution in [3.63, 3.8) is 0 Å². The van der Waals surface area contributed by atoms with Crippen LogP contribution in [0, 0.1) is 0 Å². The van der Waals surface area contributed by atoms with E-state index in [-0.39, 0.29) is 70.2 Å². The minimum absolute atomic E-state index is 0.0124. The fourth-order valence-corrected chi connectivity index (χ4v) is 1.69. The molecule has 1 N–H and O–H groups in total. The molecular weight excluding hydrogens is 246 g/mol. The van der Waals surface area contributed by atoms with Crippen molar-refractivity contribution in [3.05, 3.63) is 60.2 Å². The predicted molar refractivity (Wildman–Crippen MR) is 84.6 cm³/mol. The Morgan fingerprint density at radius 3 is 2.45 bits per heavy atom. The number of benzene rings is 2. The molecule has 0 saturated heterocycles. The lowest BCUT2D eigenvalue weighted by molar-refractivity contribution is 0.590. The third-order valence-corrected chi connectivity index (χ3v) is 2.80. The third-order valence-electron chi connectivity index (χ3n) is 2.80. The number of anilines is 2. The Bertz CT molecular complexity index is 1080. The first-order chi connectivity index (χ1) is 12.9. The smallest absolute Gasteiger partial charge is 0.133 e. The summed E-state index contributed by atoms with van der Waals surface area (Å²) < 4.78 is 70.0. The molecule has 0 amide bonds. The molecule has 2 nitrogen and oxygen atoms in total. The molecule has 0 saturated carbocycles. The van der Waals surface area contributed by atoms with Gasteiger partial charge in [0, 0.05) is 16.8 Å². The van der Waals surface area contributed by atoms with E-state index in [1.807, 2.05) is 0 Å². The van der Waals surface area contributed by atoms with Crippen LogP contribution in [0.1, 0.15) is 37.3 Å². The van der Waals surface area contributed by atoms with Crippen molar-refractivity contribution in [1.29, 1.82) is 0 Å². The Kier molecular flexibility index (Phi) is 1.53. The molecule has 0 bridgehead atoms. The van der Waals surface area contributed by atoms with Crippen molar-refractivity contribution in [1.82, 2.24) is 0 Å². The van der Waals surface area contributed by atoms with Crippen LogP contribution in [-0.4, -0.2) is 0 Å². The maximum absolute atomic E-state index is 8.30. The van der Waals surface area contributed by atoms with E-state index < -0.39 is 11.7 Å². The van der Waals surface area contributed by atoms with Gasteiger partial charge < -0.3 is 9.73 Å². The largest absolute Gasteiger partial charge is 0.464 e. The van der Waals surface area contributed by atoms with E-state index in [2.05, 4.69) is 5.32 Å². The molecule has 20 heavy (non-hydrogen) atoms. The van der Waals surface area contributed by atoms with Crippen molar-refractivity contribution in [2.75, 3.05) is 5.32 Å². The molecular formula is C18H19NO. The molecule has 3 aromatic rings. The van der Waals surface area contributed by atoms with Crippen LogP contribution < -0.4 is 5.32 Å². The lowest BCUT2D eigenvalue weighted by Gasteiger charge is -2.19. The van der Waals surface area contributed by atoms with Gasteiger partial charge in [0.15, 0.2) is 0 Å². The molecule has 0 unspecified atom stereocenters. The maximum Gasteiger partial charge on any atom is 0.133 e. The van der Waals surface area contributed by atoms with Gasteiger partial charge in [-0.05, 0) is 47.3 Å². The zero-order valence-electron chi connectivity index (χ0n) is 19.5. The van der Waals surface area contributed by atoms with Gasteiger partial charge in [-0.3, -0.25) is 0 Å². The molecule has 0 aliphatic rings. The van der Waals surface area contributed by atoms with Crippen LogP contribution >= 0.6 is 0 Å². The van der Waals surface area contributed by atoms with Gasteiger partial charge in [-0.25, -0.2) is 0 Å². The van der Waals surface area contributed by atoms with Crippen LogP contribution in [0.3, 0.4) is 0 Å². The summed E-state index contributed by atoms with van der Waals surface area (Å²) in [4.78, 5) is 0. The van der Waals surface area contributed by atoms with Crippen molar-refractivity contribution in [2.45, 2.75) is 26.2 Å². The highest BCUT2D eigenvalue weighted by atomic mass is 16.3. The SMILES string of the molecule is [2H]c1oc2c([2H])cc(Nc3c([2H])c([2H])c(C(C)(C)C)c([2H])c3[2H])c([2H])c2c1[2H]. The molecule has 1 heterocycles. The normalized spacial score (nSPS) is 17.4. The van der Waals surface area contributed by atoms with E-state index in [1.54, 1.807) is 20.8 Å². The first-order valence-electron chi connectivity index (χ1n) is 10.2. The minimum atomic E-state index is -0.590. The van der Waals surface area contributed by atoms with E-state index in [9.17, 15) is 0 Å². The lowest BCUT2D eigenvalue weighted by atomic mass is 9.87. The van der Waals surface area contributed by atoms with Crippen LogP contribution in [0.25, 0.3) is 11.0 Å². The van der Waals surface area contributed by atoms with Crippen molar-refractivity contribution >= 4 is 22.3 Å². The standard InChI is InChI=1S/C18H19NO/c1-18(2,3)14-4-6-15(7-5-14)19-16-8-9-17-13(12-16)10-11-20-17/h4-12,19H,1-3H3/i4D,5D,6D,7D,9D,10D,11D,12D. The highest BCUT2D eigenvalue weighted by Crippen LogP contribution is 2.26. The Morgan fingerprint density at radius 2 is 1.75 bits per heavy atom. The summed E-state index contributed by atoms with van der Waals surface area (Å²) in [5, 5.41) is 2.72. The molecule has 2 heteroatoms. The van der Waals surface area contributed by atoms with Gasteiger partial charge >= 0.3 is 0 Å². The zero-order chi connectivity index (χ0) is 21.1. The molecule has 0 spiro atoms. The van der Waals surface area contributed by atoms with Gasteiger partial charge in [-0.15, -0.1) is 0 Å². The van der Waals surface area contributed by atoms with Gasteiger partial charge in [0.1, 0.15) is 6.95 Å². The van der Waals surface area contributed by atoms with Crippen LogP contribution in [0.15, 0.2) is 59.0 Å². The van der Waals surface area contributed by atoms with Gasteiger partial charge in [0.05, 0.1) is 15.8 Å². The zero-order valence-corrected chi connectivity index (χ0v) is 11.5. The molecule has 0 radical (unpaired) electrons. The van der Waals surface area contributed by atoms with Crippen molar-refractivity contribution < 1.29 is 15.4 Å². The Labute approximate surface area is 130 Å². The average molecular weight is 273 g/mol. The fourth-order valence-electron chi connectivity index (χ4n) is 1.69. The average Bonchev–Trinajstić information content (AvgIpc) is 2.89. The van der Waals surface area contributed by atoms with Crippen LogP contribution in [-0.2, 0) is 5.41 Å². The predicted octanol–water partition coefficient (Wildman–Crippen LogP) is 5.47. The molecule has 1 aromatic heterocycles. The second kappa shape index (κ2) is 4.71. The van der Waals surface area contributed by atoms with E-state index in [0.29, 0.717) is 0 Å². The molecule has 0 fully saturated rings. The van der Waals surface area contributed by atoms with E-state index in [4.69, 9.17) is 15.4 Å². The summed E-state index contributed by atoms with van der Waals surface area (Å²) in [5.74, 6) is 0. The second-order valence-electron chi connectivity index (χ2n) is 5.49. The third kappa shape index (κ3) is 2.55. The summed E-state index contributed by atoms with van der Waals surface area (Å²) in [6.45, 7) is 5.42. The maximum atomic E-state index is 8.30. The van der Waals surface area contributed by atoms with Crippen molar-refractivity contribution in [2.24, 2.45) is 0 Å². The number of furan rings is 1. The fraction of sp³-hybridized carbons (Fsp3) is 0.222. The summed E-state index contributed by atoms with van der Waals surface area (Å²) in [6, 6.07) is -0.346. The van der Waals surface area contributed by atoms with Gasteiger partial charge in [-0.2, -0.15) is 0 Å². The Hall–Kier alpha value is -2.22. The van der Waals surface area contributed by atoms with Crippen LogP contribution in [0.5, 0.6) is 0 Å². The number of rotatable bonds is 2. The van der Waals surface area contributed by atoms with Gasteiger partial charge in [0.2, 0.25) is 0 Å². The number of fused-ring (bicyclic) bond motifs is 1. The monoisotopic (exact) mass is 273 g/mol. The second-order valence-corrected chi connectivity index (χ2v) is 5.49. The van der Waals surface area contributed by atoms with E-state index in [1.165, 1.54) is 6.07 Å². The highest BCUT2D eigenvalue weighted by Gasteiger charge is 2.12. The van der Waals surface area contributed by atoms with Gasteiger partial charge in [0.25, 0.3) is 0 Å². The highest BCUT2D eigenvalue weighted by molar-refractivity contribution is 5.82. The summed E-state index contributed by atoms with van der Waals surface area (Å²) in [5.41, 5.74) is -0.424. The summed E-state index contributed by atoms with van der Waals surface area (Å²) >= 11 is 0. The molecule has 0 atom stereocenters. The first-order valence-corrected chi connectivity index (χ1v) is 6.24. The quantitative estimate of drug-likeness (QED) is 0.669. The summed E-state index contributed by atoms with van der Waals surface area (Å²) in [6.07, 6.45) is -0.451. The van der Waals surface area contributed by atoms with Crippen LogP contribution in [0.2, 0.25) is 0 Å². The molecule has 2 aromatic carbocycles. The molecule has 0 aliphatic carbocycles. The van der Waals surface area contributed by atoms with Crippen molar-refractivity contribution in [3.8, 4) is 0 Å². The lowest BCUT2D eigenvalue weighted by Crippen LogP contribution is -2.10. The van der Waals surface area contributed by atoms with Crippen LogP contribution in [0.4, 0.5) is 11.4 Å². The molecule has 3 rings (SSSR count). The summed E-state index contributed by atoms with van der Waals surface area (Å²) in [7, 11) is 0. The minimum Gasteiger partial charge on any atom is -0.464 e. The number of nitrogens with one attached hydrogen (secondary N) is 1. The Morgan fingerprint density at radius 1 is 1.00 bits per heavy atom. The number of hydrogen-bond acceptors (Lipinski definition) is 2. The molecule has 102 valence electrons. The van der Waals surface area contributed by atoms with Gasteiger partial charge in [-0.1, -0.05) is 32.9 Å². The van der Waals surface area contributed by atoms with E-state index >= 15 is 0 Å². The molecule has 0 aliphatic heterocycles. The Balaban J connectivity index is 2.23. The number of hydrogen-bond donors (Lipinski definition) is 1. The topological polar surface area (TPSA) is 25.2 Å². The van der Waals surface area contributed by atoms with E-state index in [0.717, 1.165) is 0 Å².